The second kappa shape index (κ2) is 8.71. The number of nitrogens with zero attached hydrogens (tertiary/aromatic N) is 2. The van der Waals surface area contributed by atoms with Gasteiger partial charge in [0.1, 0.15) is 6.04 Å². The van der Waals surface area contributed by atoms with Gasteiger partial charge < -0.3 is 19.9 Å². The third-order valence-corrected chi connectivity index (χ3v) is 4.38. The zero-order chi connectivity index (χ0) is 15.1. The van der Waals surface area contributed by atoms with Crippen molar-refractivity contribution in [3.63, 3.8) is 0 Å². The van der Waals surface area contributed by atoms with Crippen LogP contribution in [0.25, 0.3) is 0 Å². The van der Waals surface area contributed by atoms with E-state index in [9.17, 15) is 4.79 Å². The van der Waals surface area contributed by atoms with Crippen LogP contribution in [0.4, 0.5) is 0 Å². The molecule has 2 rings (SSSR count). The van der Waals surface area contributed by atoms with Crippen LogP contribution in [-0.4, -0.2) is 74.2 Å². The van der Waals surface area contributed by atoms with Crippen LogP contribution in [0.1, 0.15) is 39.0 Å². The molecular weight excluding hydrogens is 266 g/mol. The SMILES string of the molecule is CCOC(=O)C(CCN(C)CCN1CCCC1)NC1CC1. The Morgan fingerprint density at radius 1 is 1.33 bits per heavy atom. The molecule has 2 aliphatic rings. The minimum Gasteiger partial charge on any atom is -0.465 e. The molecule has 0 amide bonds. The molecule has 5 nitrogen and oxygen atoms in total. The number of nitrogens with one attached hydrogen (secondary N) is 1. The Bertz CT molecular complexity index is 315. The Morgan fingerprint density at radius 3 is 2.67 bits per heavy atom. The van der Waals surface area contributed by atoms with Crippen LogP contribution < -0.4 is 5.32 Å². The molecule has 1 saturated heterocycles. The fourth-order valence-electron chi connectivity index (χ4n) is 2.83. The van der Waals surface area contributed by atoms with Gasteiger partial charge in [0.2, 0.25) is 0 Å². The lowest BCUT2D eigenvalue weighted by atomic mass is 10.2. The molecule has 1 saturated carbocycles. The second-order valence-electron chi connectivity index (χ2n) is 6.39. The molecule has 0 aromatic heterocycles. The first-order valence-corrected chi connectivity index (χ1v) is 8.52. The number of hydrogen-bond acceptors (Lipinski definition) is 5. The van der Waals surface area contributed by atoms with Crippen LogP contribution in [0.3, 0.4) is 0 Å². The van der Waals surface area contributed by atoms with Crippen LogP contribution in [0.15, 0.2) is 0 Å². The molecule has 1 heterocycles. The lowest BCUT2D eigenvalue weighted by Gasteiger charge is -2.23. The molecule has 1 atom stereocenters. The largest absolute Gasteiger partial charge is 0.465 e. The van der Waals surface area contributed by atoms with Crippen molar-refractivity contribution in [3.8, 4) is 0 Å². The Hall–Kier alpha value is -0.650. The van der Waals surface area contributed by atoms with Crippen molar-refractivity contribution in [2.75, 3.05) is 46.4 Å². The molecule has 1 unspecified atom stereocenters. The Morgan fingerprint density at radius 2 is 2.05 bits per heavy atom. The zero-order valence-corrected chi connectivity index (χ0v) is 13.6. The average molecular weight is 297 g/mol. The molecular formula is C16H31N3O2. The number of likely N-dealkylation sites (N-methyl/N-ethyl adjacent to an activating group) is 1. The van der Waals surface area contributed by atoms with Crippen LogP contribution in [-0.2, 0) is 9.53 Å². The van der Waals surface area contributed by atoms with Gasteiger partial charge in [-0.2, -0.15) is 0 Å². The van der Waals surface area contributed by atoms with Gasteiger partial charge in [0, 0.05) is 19.1 Å². The summed E-state index contributed by atoms with van der Waals surface area (Å²) in [6.45, 7) is 8.01. The fraction of sp³-hybridized carbons (Fsp3) is 0.938. The molecule has 21 heavy (non-hydrogen) atoms. The Balaban J connectivity index is 1.65. The topological polar surface area (TPSA) is 44.8 Å². The van der Waals surface area contributed by atoms with E-state index in [0.717, 1.165) is 26.1 Å². The summed E-state index contributed by atoms with van der Waals surface area (Å²) in [4.78, 5) is 16.8. The van der Waals surface area contributed by atoms with Crippen molar-refractivity contribution in [1.29, 1.82) is 0 Å². The standard InChI is InChI=1S/C16H31N3O2/c1-3-21-16(20)15(17-14-6-7-14)8-11-18(2)12-13-19-9-4-5-10-19/h14-15,17H,3-13H2,1-2H3. The van der Waals surface area contributed by atoms with Gasteiger partial charge in [0.25, 0.3) is 0 Å². The highest BCUT2D eigenvalue weighted by Crippen LogP contribution is 2.20. The number of ether oxygens (including phenoxy) is 1. The van der Waals surface area contributed by atoms with Gasteiger partial charge in [-0.1, -0.05) is 0 Å². The van der Waals surface area contributed by atoms with Gasteiger partial charge in [-0.15, -0.1) is 0 Å². The predicted molar refractivity (Wildman–Crippen MR) is 84.4 cm³/mol. The summed E-state index contributed by atoms with van der Waals surface area (Å²) in [6, 6.07) is 0.404. The van der Waals surface area contributed by atoms with Gasteiger partial charge >= 0.3 is 5.97 Å². The molecule has 0 aromatic carbocycles. The van der Waals surface area contributed by atoms with Gasteiger partial charge in [0.05, 0.1) is 6.61 Å². The minimum absolute atomic E-state index is 0.0858. The maximum absolute atomic E-state index is 12.0. The van der Waals surface area contributed by atoms with Crippen molar-refractivity contribution in [3.05, 3.63) is 0 Å². The highest BCUT2D eigenvalue weighted by molar-refractivity contribution is 5.75. The number of rotatable bonds is 10. The van der Waals surface area contributed by atoms with Crippen LogP contribution in [0.5, 0.6) is 0 Å². The first-order chi connectivity index (χ1) is 10.2. The van der Waals surface area contributed by atoms with E-state index in [4.69, 9.17) is 4.74 Å². The number of esters is 1. The van der Waals surface area contributed by atoms with Crippen molar-refractivity contribution in [1.82, 2.24) is 15.1 Å². The van der Waals surface area contributed by atoms with E-state index in [1.165, 1.54) is 38.8 Å². The van der Waals surface area contributed by atoms with E-state index in [2.05, 4.69) is 22.2 Å². The van der Waals surface area contributed by atoms with Crippen LogP contribution >= 0.6 is 0 Å². The maximum atomic E-state index is 12.0. The molecule has 0 radical (unpaired) electrons. The number of likely N-dealkylation sites (tertiary alicyclic amines) is 1. The lowest BCUT2D eigenvalue weighted by Crippen LogP contribution is -2.42. The van der Waals surface area contributed by atoms with E-state index in [-0.39, 0.29) is 12.0 Å². The number of hydrogen-bond donors (Lipinski definition) is 1. The summed E-state index contributed by atoms with van der Waals surface area (Å²) < 4.78 is 5.18. The van der Waals surface area contributed by atoms with Crippen molar-refractivity contribution in [2.45, 2.75) is 51.1 Å². The third kappa shape index (κ3) is 6.32. The quantitative estimate of drug-likeness (QED) is 0.612. The summed E-state index contributed by atoms with van der Waals surface area (Å²) in [5.41, 5.74) is 0. The van der Waals surface area contributed by atoms with Crippen molar-refractivity contribution < 1.29 is 9.53 Å². The van der Waals surface area contributed by atoms with Gasteiger partial charge in [-0.3, -0.25) is 4.79 Å². The van der Waals surface area contributed by atoms with E-state index < -0.39 is 0 Å². The Labute approximate surface area is 129 Å². The molecule has 1 N–H and O–H groups in total. The Kier molecular flexibility index (Phi) is 6.93. The lowest BCUT2D eigenvalue weighted by molar-refractivity contribution is -0.146. The first-order valence-electron chi connectivity index (χ1n) is 8.52. The molecule has 0 bridgehead atoms. The third-order valence-electron chi connectivity index (χ3n) is 4.38. The molecule has 122 valence electrons. The monoisotopic (exact) mass is 297 g/mol. The molecule has 5 heteroatoms. The van der Waals surface area contributed by atoms with Gasteiger partial charge in [-0.25, -0.2) is 0 Å². The normalized spacial score (nSPS) is 20.9. The minimum atomic E-state index is -0.133. The van der Waals surface area contributed by atoms with E-state index in [0.29, 0.717) is 12.6 Å². The van der Waals surface area contributed by atoms with Crippen molar-refractivity contribution in [2.24, 2.45) is 0 Å². The summed E-state index contributed by atoms with van der Waals surface area (Å²) in [6.07, 6.45) is 5.92. The maximum Gasteiger partial charge on any atom is 0.323 e. The van der Waals surface area contributed by atoms with E-state index in [1.54, 1.807) is 0 Å². The summed E-state index contributed by atoms with van der Waals surface area (Å²) in [5, 5.41) is 3.42. The first kappa shape index (κ1) is 16.7. The smallest absolute Gasteiger partial charge is 0.323 e. The van der Waals surface area contributed by atoms with Gasteiger partial charge in [-0.05, 0) is 65.7 Å². The summed E-state index contributed by atoms with van der Waals surface area (Å²) in [5.74, 6) is -0.0858. The second-order valence-corrected chi connectivity index (χ2v) is 6.39. The fourth-order valence-corrected chi connectivity index (χ4v) is 2.83. The highest BCUT2D eigenvalue weighted by atomic mass is 16.5. The molecule has 0 aromatic rings. The highest BCUT2D eigenvalue weighted by Gasteiger charge is 2.29. The molecule has 0 spiro atoms. The van der Waals surface area contributed by atoms with Crippen LogP contribution in [0, 0.1) is 0 Å². The number of carbonyl (C=O) groups excluding carboxylic acids is 1. The molecule has 2 fully saturated rings. The summed E-state index contributed by atoms with van der Waals surface area (Å²) in [7, 11) is 2.15. The van der Waals surface area contributed by atoms with Crippen molar-refractivity contribution >= 4 is 5.97 Å². The summed E-state index contributed by atoms with van der Waals surface area (Å²) >= 11 is 0. The zero-order valence-electron chi connectivity index (χ0n) is 13.6. The predicted octanol–water partition coefficient (Wildman–Crippen LogP) is 1.09. The number of carbonyl (C=O) groups is 1. The molecule has 1 aliphatic heterocycles. The van der Waals surface area contributed by atoms with Crippen LogP contribution in [0.2, 0.25) is 0 Å². The van der Waals surface area contributed by atoms with Gasteiger partial charge in [0.15, 0.2) is 0 Å². The average Bonchev–Trinajstić information content (AvgIpc) is 3.13. The van der Waals surface area contributed by atoms with E-state index >= 15 is 0 Å². The van der Waals surface area contributed by atoms with E-state index in [1.807, 2.05) is 6.92 Å². The molecule has 1 aliphatic carbocycles.